The van der Waals surface area contributed by atoms with E-state index < -0.39 is 6.29 Å². The average Bonchev–Trinajstić information content (AvgIpc) is 3.62. The largest absolute Gasteiger partial charge is 0.457 e. The number of aromatic nitrogens is 3. The number of urea groups is 1. The molecule has 0 aliphatic carbocycles. The van der Waals surface area contributed by atoms with E-state index in [-0.39, 0.29) is 30.8 Å². The minimum absolute atomic E-state index is 0.0121. The zero-order valence-corrected chi connectivity index (χ0v) is 30.3. The van der Waals surface area contributed by atoms with Crippen molar-refractivity contribution in [3.05, 3.63) is 156 Å². The van der Waals surface area contributed by atoms with Crippen LogP contribution in [0.25, 0.3) is 11.1 Å². The number of amides is 2. The number of anilines is 1. The summed E-state index contributed by atoms with van der Waals surface area (Å²) < 4.78 is 21.1. The van der Waals surface area contributed by atoms with Gasteiger partial charge in [0.2, 0.25) is 0 Å². The predicted molar refractivity (Wildman–Crippen MR) is 205 cm³/mol. The molecule has 10 nitrogen and oxygen atoms in total. The summed E-state index contributed by atoms with van der Waals surface area (Å²) in [6.07, 6.45) is 0.727. The molecule has 0 spiro atoms. The van der Waals surface area contributed by atoms with Crippen molar-refractivity contribution in [1.29, 1.82) is 0 Å². The fourth-order valence-corrected chi connectivity index (χ4v) is 7.24. The van der Waals surface area contributed by atoms with Crippen LogP contribution in [0.4, 0.5) is 10.5 Å². The number of aliphatic hydroxyl groups excluding tert-OH is 1. The maximum absolute atomic E-state index is 12.8. The van der Waals surface area contributed by atoms with Gasteiger partial charge in [0, 0.05) is 36.5 Å². The number of nitrogens with zero attached hydrogens (tertiary/aromatic N) is 3. The number of aryl methyl sites for hydroxylation is 1. The van der Waals surface area contributed by atoms with Gasteiger partial charge in [-0.15, -0.1) is 10.2 Å². The van der Waals surface area contributed by atoms with Crippen LogP contribution in [-0.2, 0) is 29.7 Å². The second-order valence-corrected chi connectivity index (χ2v) is 13.9. The van der Waals surface area contributed by atoms with Gasteiger partial charge in [-0.25, -0.2) is 4.79 Å². The van der Waals surface area contributed by atoms with Gasteiger partial charge in [-0.05, 0) is 76.3 Å². The minimum Gasteiger partial charge on any atom is -0.457 e. The molecule has 0 radical (unpaired) electrons. The highest BCUT2D eigenvalue weighted by Gasteiger charge is 2.38. The summed E-state index contributed by atoms with van der Waals surface area (Å²) in [6.45, 7) is 2.49. The van der Waals surface area contributed by atoms with Crippen LogP contribution < -0.4 is 15.4 Å². The number of carbonyl (C=O) groups excluding carboxylic acids is 1. The average molecular weight is 728 g/mol. The molecular weight excluding hydrogens is 687 g/mol. The van der Waals surface area contributed by atoms with Gasteiger partial charge in [-0.3, -0.25) is 0 Å². The summed E-state index contributed by atoms with van der Waals surface area (Å²) in [5, 5.41) is 24.5. The Balaban J connectivity index is 1.02. The number of aliphatic hydroxyl groups is 1. The normalized spacial score (nSPS) is 18.3. The summed E-state index contributed by atoms with van der Waals surface area (Å²) in [5.41, 5.74) is 6.43. The molecule has 1 aromatic heterocycles. The second-order valence-electron chi connectivity index (χ2n) is 12.9. The Morgan fingerprint density at radius 2 is 1.57 bits per heavy atom. The Labute approximate surface area is 313 Å². The number of hydrogen-bond acceptors (Lipinski definition) is 8. The summed E-state index contributed by atoms with van der Waals surface area (Å²) in [6, 6.07) is 40.7. The highest BCUT2D eigenvalue weighted by Crippen LogP contribution is 2.43. The lowest BCUT2D eigenvalue weighted by molar-refractivity contribution is -0.268. The molecule has 2 amide bonds. The lowest BCUT2D eigenvalue weighted by atomic mass is 9.91. The molecule has 4 atom stereocenters. The molecule has 1 saturated heterocycles. The number of para-hydroxylation sites is 1. The molecule has 4 unspecified atom stereocenters. The van der Waals surface area contributed by atoms with E-state index >= 15 is 0 Å². The highest BCUT2D eigenvalue weighted by molar-refractivity contribution is 7.99. The number of rotatable bonds is 12. The Kier molecular flexibility index (Phi) is 11.5. The van der Waals surface area contributed by atoms with Gasteiger partial charge in [-0.2, -0.15) is 0 Å². The minimum atomic E-state index is -0.605. The third kappa shape index (κ3) is 9.13. The van der Waals surface area contributed by atoms with E-state index in [2.05, 4.69) is 52.0 Å². The number of benzene rings is 5. The van der Waals surface area contributed by atoms with Crippen LogP contribution in [0.2, 0.25) is 0 Å². The van der Waals surface area contributed by atoms with Crippen LogP contribution in [0, 0.1) is 5.92 Å². The molecule has 6 aromatic rings. The van der Waals surface area contributed by atoms with Gasteiger partial charge < -0.3 is 34.5 Å². The van der Waals surface area contributed by atoms with Gasteiger partial charge >= 0.3 is 6.03 Å². The van der Waals surface area contributed by atoms with Gasteiger partial charge in [-0.1, -0.05) is 97.5 Å². The molecular formula is C42H41N5O5S. The molecule has 1 aliphatic rings. The van der Waals surface area contributed by atoms with Crippen LogP contribution in [0.15, 0.2) is 139 Å². The molecule has 270 valence electrons. The smallest absolute Gasteiger partial charge is 0.319 e. The molecule has 3 N–H and O–H groups in total. The molecule has 1 fully saturated rings. The van der Waals surface area contributed by atoms with E-state index in [9.17, 15) is 9.90 Å². The van der Waals surface area contributed by atoms with Crippen LogP contribution in [0.3, 0.4) is 0 Å². The van der Waals surface area contributed by atoms with E-state index in [1.54, 1.807) is 30.2 Å². The molecule has 1 aliphatic heterocycles. The third-order valence-electron chi connectivity index (χ3n) is 9.13. The zero-order chi connectivity index (χ0) is 36.6. The summed E-state index contributed by atoms with van der Waals surface area (Å²) >= 11 is 1.61. The Hall–Kier alpha value is -5.46. The topological polar surface area (TPSA) is 120 Å². The lowest BCUT2D eigenvalue weighted by Crippen LogP contribution is -2.38. The fourth-order valence-electron chi connectivity index (χ4n) is 6.18. The quantitative estimate of drug-likeness (QED) is 0.107. The van der Waals surface area contributed by atoms with E-state index in [0.29, 0.717) is 23.7 Å². The van der Waals surface area contributed by atoms with Crippen molar-refractivity contribution in [2.24, 2.45) is 13.0 Å². The molecule has 0 saturated carbocycles. The van der Waals surface area contributed by atoms with Crippen LogP contribution in [0.1, 0.15) is 41.6 Å². The predicted octanol–water partition coefficient (Wildman–Crippen LogP) is 8.67. The Morgan fingerprint density at radius 1 is 0.830 bits per heavy atom. The van der Waals surface area contributed by atoms with Crippen molar-refractivity contribution < 1.29 is 24.1 Å². The number of thioether (sulfide) groups is 1. The highest BCUT2D eigenvalue weighted by atomic mass is 32.2. The standard InChI is InChI=1S/C42H41N5O5S/c1-28-38(26-53-42-46-44-27-47(42)2)51-40(52-39(28)31-16-14-29(25-48)15-17-31)34-11-7-10-33(23-34)32-9-6-8-30(22-32)24-43-41(49)45-35-18-20-37(21-19-35)50-36-12-4-3-5-13-36/h3-23,27-28,38-40,48H,24-26H2,1-2H3,(H2,43,45,49). The Morgan fingerprint density at radius 3 is 2.30 bits per heavy atom. The van der Waals surface area contributed by atoms with Crippen LogP contribution in [-0.4, -0.2) is 37.8 Å². The first-order valence-corrected chi connectivity index (χ1v) is 18.4. The van der Waals surface area contributed by atoms with Crippen molar-refractivity contribution in [1.82, 2.24) is 20.1 Å². The SMILES string of the molecule is CC1C(CSc2nncn2C)OC(c2cccc(-c3cccc(CNC(=O)Nc4ccc(Oc5ccccc5)cc4)c3)c2)OC1c1ccc(CO)cc1. The molecule has 0 bridgehead atoms. The number of hydrogen-bond donors (Lipinski definition) is 3. The van der Waals surface area contributed by atoms with Crippen LogP contribution in [0.5, 0.6) is 11.5 Å². The first-order chi connectivity index (χ1) is 25.9. The number of carbonyl (C=O) groups is 1. The van der Waals surface area contributed by atoms with Gasteiger partial charge in [0.05, 0.1) is 18.8 Å². The van der Waals surface area contributed by atoms with Gasteiger partial charge in [0.15, 0.2) is 11.4 Å². The fraction of sp³-hybridized carbons (Fsp3) is 0.214. The van der Waals surface area contributed by atoms with Crippen LogP contribution >= 0.6 is 11.8 Å². The van der Waals surface area contributed by atoms with Crippen molar-refractivity contribution in [3.63, 3.8) is 0 Å². The van der Waals surface area contributed by atoms with E-state index in [1.165, 1.54) is 0 Å². The first-order valence-electron chi connectivity index (χ1n) is 17.5. The maximum atomic E-state index is 12.8. The van der Waals surface area contributed by atoms with E-state index in [1.807, 2.05) is 103 Å². The van der Waals surface area contributed by atoms with Crippen molar-refractivity contribution in [2.75, 3.05) is 11.1 Å². The summed E-state index contributed by atoms with van der Waals surface area (Å²) in [4.78, 5) is 12.8. The van der Waals surface area contributed by atoms with E-state index in [4.69, 9.17) is 14.2 Å². The molecule has 7 rings (SSSR count). The molecule has 53 heavy (non-hydrogen) atoms. The van der Waals surface area contributed by atoms with Crippen molar-refractivity contribution >= 4 is 23.5 Å². The second kappa shape index (κ2) is 16.9. The first kappa shape index (κ1) is 35.9. The molecule has 5 aromatic carbocycles. The summed E-state index contributed by atoms with van der Waals surface area (Å²) in [7, 11) is 1.93. The number of nitrogens with one attached hydrogen (secondary N) is 2. The van der Waals surface area contributed by atoms with E-state index in [0.717, 1.165) is 44.3 Å². The number of ether oxygens (including phenoxy) is 3. The molecule has 2 heterocycles. The summed E-state index contributed by atoms with van der Waals surface area (Å²) in [5.74, 6) is 2.16. The monoisotopic (exact) mass is 727 g/mol. The maximum Gasteiger partial charge on any atom is 0.319 e. The Bertz CT molecular complexity index is 2110. The van der Waals surface area contributed by atoms with Gasteiger partial charge in [0.1, 0.15) is 17.8 Å². The van der Waals surface area contributed by atoms with Crippen molar-refractivity contribution in [3.8, 4) is 22.6 Å². The van der Waals surface area contributed by atoms with Crippen molar-refractivity contribution in [2.45, 2.75) is 43.7 Å². The zero-order valence-electron chi connectivity index (χ0n) is 29.5. The van der Waals surface area contributed by atoms with Gasteiger partial charge in [0.25, 0.3) is 0 Å². The molecule has 11 heteroatoms. The lowest BCUT2D eigenvalue weighted by Gasteiger charge is -2.41. The third-order valence-corrected chi connectivity index (χ3v) is 10.3.